The van der Waals surface area contributed by atoms with Crippen molar-refractivity contribution in [3.63, 3.8) is 0 Å². The summed E-state index contributed by atoms with van der Waals surface area (Å²) in [4.78, 5) is 25.9. The van der Waals surface area contributed by atoms with Crippen LogP contribution >= 0.6 is 0 Å². The Balaban J connectivity index is 2.04. The molecule has 20 heavy (non-hydrogen) atoms. The van der Waals surface area contributed by atoms with Gasteiger partial charge < -0.3 is 5.32 Å². The van der Waals surface area contributed by atoms with Crippen LogP contribution < -0.4 is 16.6 Å². The van der Waals surface area contributed by atoms with Crippen molar-refractivity contribution in [1.82, 2.24) is 19.2 Å². The standard InChI is InChI=1S/C13H23N5O2/c1-10(18-7-5-4-6-8-18)9-14-11-12(19)16(2)13(20)17(3)15-11/h10H,4-9H2,1-3H3,(H,14,15). The Kier molecular flexibility index (Phi) is 4.59. The van der Waals surface area contributed by atoms with E-state index >= 15 is 0 Å². The summed E-state index contributed by atoms with van der Waals surface area (Å²) in [6.07, 6.45) is 3.79. The van der Waals surface area contributed by atoms with E-state index in [1.165, 1.54) is 31.0 Å². The van der Waals surface area contributed by atoms with E-state index in [1.807, 2.05) is 0 Å². The topological polar surface area (TPSA) is 72.2 Å². The summed E-state index contributed by atoms with van der Waals surface area (Å²) in [7, 11) is 3.01. The maximum atomic E-state index is 11.9. The fraction of sp³-hybridized carbons (Fsp3) is 0.769. The summed E-state index contributed by atoms with van der Waals surface area (Å²) >= 11 is 0. The predicted molar refractivity (Wildman–Crippen MR) is 78.1 cm³/mol. The minimum atomic E-state index is -0.412. The molecule has 1 aliphatic rings. The van der Waals surface area contributed by atoms with Gasteiger partial charge in [-0.05, 0) is 32.9 Å². The maximum Gasteiger partial charge on any atom is 0.346 e. The summed E-state index contributed by atoms with van der Waals surface area (Å²) in [5.74, 6) is 0.235. The van der Waals surface area contributed by atoms with Crippen LogP contribution in [0.25, 0.3) is 0 Å². The third-order valence-electron chi connectivity index (χ3n) is 3.90. The first-order valence-corrected chi connectivity index (χ1v) is 7.13. The largest absolute Gasteiger partial charge is 0.362 e. The van der Waals surface area contributed by atoms with Crippen LogP contribution in [0.3, 0.4) is 0 Å². The fourth-order valence-corrected chi connectivity index (χ4v) is 2.54. The van der Waals surface area contributed by atoms with E-state index in [2.05, 4.69) is 22.2 Å². The SMILES string of the molecule is CC(CNc1nn(C)c(=O)n(C)c1=O)N1CCCCC1. The number of aromatic nitrogens is 3. The van der Waals surface area contributed by atoms with Gasteiger partial charge in [0.2, 0.25) is 5.82 Å². The summed E-state index contributed by atoms with van der Waals surface area (Å²) < 4.78 is 2.25. The minimum Gasteiger partial charge on any atom is -0.362 e. The lowest BCUT2D eigenvalue weighted by molar-refractivity contribution is 0.180. The van der Waals surface area contributed by atoms with E-state index in [-0.39, 0.29) is 11.4 Å². The quantitative estimate of drug-likeness (QED) is 0.825. The molecule has 0 aliphatic carbocycles. The second kappa shape index (κ2) is 6.21. The molecule has 0 radical (unpaired) electrons. The molecule has 0 amide bonds. The molecule has 0 aromatic carbocycles. The highest BCUT2D eigenvalue weighted by atomic mass is 16.2. The number of piperidine rings is 1. The molecule has 112 valence electrons. The molecule has 1 aliphatic heterocycles. The fourth-order valence-electron chi connectivity index (χ4n) is 2.54. The lowest BCUT2D eigenvalue weighted by Crippen LogP contribution is -2.43. The zero-order chi connectivity index (χ0) is 14.7. The Labute approximate surface area is 118 Å². The molecule has 1 fully saturated rings. The van der Waals surface area contributed by atoms with Crippen molar-refractivity contribution in [2.24, 2.45) is 14.1 Å². The van der Waals surface area contributed by atoms with E-state index in [1.54, 1.807) is 7.05 Å². The van der Waals surface area contributed by atoms with Crippen molar-refractivity contribution in [2.75, 3.05) is 25.0 Å². The number of nitrogens with one attached hydrogen (secondary N) is 1. The predicted octanol–water partition coefficient (Wildman–Crippen LogP) is -0.235. The molecule has 1 saturated heterocycles. The van der Waals surface area contributed by atoms with Crippen molar-refractivity contribution in [1.29, 1.82) is 0 Å². The Bertz CT molecular complexity index is 571. The third-order valence-corrected chi connectivity index (χ3v) is 3.90. The van der Waals surface area contributed by atoms with Crippen molar-refractivity contribution < 1.29 is 0 Å². The van der Waals surface area contributed by atoms with Crippen molar-refractivity contribution >= 4 is 5.82 Å². The van der Waals surface area contributed by atoms with Crippen LogP contribution in [0.4, 0.5) is 5.82 Å². The van der Waals surface area contributed by atoms with E-state index in [0.717, 1.165) is 17.7 Å². The van der Waals surface area contributed by atoms with Gasteiger partial charge >= 0.3 is 5.69 Å². The number of hydrogen-bond donors (Lipinski definition) is 1. The Morgan fingerprint density at radius 1 is 1.20 bits per heavy atom. The molecular weight excluding hydrogens is 258 g/mol. The molecule has 0 saturated carbocycles. The second-order valence-electron chi connectivity index (χ2n) is 5.45. The first-order chi connectivity index (χ1) is 9.50. The van der Waals surface area contributed by atoms with Gasteiger partial charge in [-0.25, -0.2) is 9.48 Å². The molecule has 1 aromatic heterocycles. The highest BCUT2D eigenvalue weighted by molar-refractivity contribution is 5.29. The molecule has 1 unspecified atom stereocenters. The maximum absolute atomic E-state index is 11.9. The van der Waals surface area contributed by atoms with Gasteiger partial charge in [-0.2, -0.15) is 0 Å². The number of hydrogen-bond acceptors (Lipinski definition) is 5. The van der Waals surface area contributed by atoms with Gasteiger partial charge in [0, 0.05) is 26.7 Å². The number of likely N-dealkylation sites (tertiary alicyclic amines) is 1. The van der Waals surface area contributed by atoms with Crippen LogP contribution in [-0.2, 0) is 14.1 Å². The molecule has 1 aromatic rings. The Hall–Kier alpha value is -1.63. The van der Waals surface area contributed by atoms with Crippen molar-refractivity contribution in [2.45, 2.75) is 32.2 Å². The monoisotopic (exact) mass is 281 g/mol. The molecule has 0 bridgehead atoms. The van der Waals surface area contributed by atoms with Gasteiger partial charge in [-0.3, -0.25) is 14.3 Å². The molecule has 2 rings (SSSR count). The summed E-state index contributed by atoms with van der Waals surface area (Å²) in [5, 5.41) is 7.06. The number of anilines is 1. The average molecular weight is 281 g/mol. The van der Waals surface area contributed by atoms with Crippen LogP contribution in [0.5, 0.6) is 0 Å². The molecular formula is C13H23N5O2. The molecule has 2 heterocycles. The van der Waals surface area contributed by atoms with Crippen molar-refractivity contribution in [3.8, 4) is 0 Å². The Morgan fingerprint density at radius 2 is 1.85 bits per heavy atom. The minimum absolute atomic E-state index is 0.235. The summed E-state index contributed by atoms with van der Waals surface area (Å²) in [5.41, 5.74) is -0.788. The van der Waals surface area contributed by atoms with Crippen LogP contribution in [0.1, 0.15) is 26.2 Å². The molecule has 1 N–H and O–H groups in total. The van der Waals surface area contributed by atoms with E-state index in [4.69, 9.17) is 0 Å². The Morgan fingerprint density at radius 3 is 2.50 bits per heavy atom. The number of rotatable bonds is 4. The molecule has 7 heteroatoms. The van der Waals surface area contributed by atoms with Gasteiger partial charge in [-0.1, -0.05) is 6.42 Å². The van der Waals surface area contributed by atoms with Crippen LogP contribution in [-0.4, -0.2) is 44.9 Å². The number of aryl methyl sites for hydroxylation is 1. The van der Waals surface area contributed by atoms with E-state index < -0.39 is 5.69 Å². The van der Waals surface area contributed by atoms with Crippen LogP contribution in [0.2, 0.25) is 0 Å². The molecule has 7 nitrogen and oxygen atoms in total. The third kappa shape index (κ3) is 3.09. The first-order valence-electron chi connectivity index (χ1n) is 7.13. The normalized spacial score (nSPS) is 17.9. The zero-order valence-corrected chi connectivity index (χ0v) is 12.4. The van der Waals surface area contributed by atoms with Gasteiger partial charge in [0.1, 0.15) is 0 Å². The zero-order valence-electron chi connectivity index (χ0n) is 12.4. The average Bonchev–Trinajstić information content (AvgIpc) is 2.48. The van der Waals surface area contributed by atoms with Gasteiger partial charge in [0.05, 0.1) is 0 Å². The summed E-state index contributed by atoms with van der Waals surface area (Å²) in [6.45, 7) is 5.02. The van der Waals surface area contributed by atoms with Gasteiger partial charge in [-0.15, -0.1) is 5.10 Å². The second-order valence-corrected chi connectivity index (χ2v) is 5.45. The first kappa shape index (κ1) is 14.8. The van der Waals surface area contributed by atoms with Crippen molar-refractivity contribution in [3.05, 3.63) is 20.8 Å². The van der Waals surface area contributed by atoms with Crippen LogP contribution in [0, 0.1) is 0 Å². The lowest BCUT2D eigenvalue weighted by atomic mass is 10.1. The molecule has 1 atom stereocenters. The highest BCUT2D eigenvalue weighted by Gasteiger charge is 2.17. The van der Waals surface area contributed by atoms with Gasteiger partial charge in [0.25, 0.3) is 5.56 Å². The highest BCUT2D eigenvalue weighted by Crippen LogP contribution is 2.11. The smallest absolute Gasteiger partial charge is 0.346 e. The lowest BCUT2D eigenvalue weighted by Gasteiger charge is -2.32. The van der Waals surface area contributed by atoms with Gasteiger partial charge in [0.15, 0.2) is 0 Å². The number of nitrogens with zero attached hydrogens (tertiary/aromatic N) is 4. The van der Waals surface area contributed by atoms with Crippen LogP contribution in [0.15, 0.2) is 9.59 Å². The molecule has 0 spiro atoms. The summed E-state index contributed by atoms with van der Waals surface area (Å²) in [6, 6.07) is 0.346. The van der Waals surface area contributed by atoms with E-state index in [9.17, 15) is 9.59 Å². The van der Waals surface area contributed by atoms with E-state index in [0.29, 0.717) is 12.6 Å².